The minimum Gasteiger partial charge on any atom is -0.394 e. The second-order valence-corrected chi connectivity index (χ2v) is 21.5. The SMILES string of the molecule is CC/C=C\C/C=C\C/C=C\C/C=C\C/C=C\C/C=C\C/C=C\C/C=C\C/C=C\C/C=C\C/C=C\CCCCCCCC(=O)NC(COC1OC(CO)C(O)C(O)C1O)C(O)/C=C/CC/C=C/CCCCCCCCCCCCCCC. The quantitative estimate of drug-likeness (QED) is 0.0261. The van der Waals surface area contributed by atoms with Gasteiger partial charge in [-0.3, -0.25) is 4.79 Å². The third-order valence-corrected chi connectivity index (χ3v) is 14.1. The normalized spacial score (nSPS) is 19.5. The number of hydrogen-bond donors (Lipinski definition) is 6. The fourth-order valence-corrected chi connectivity index (χ4v) is 9.06. The highest BCUT2D eigenvalue weighted by Gasteiger charge is 2.44. The van der Waals surface area contributed by atoms with E-state index in [-0.39, 0.29) is 12.5 Å². The number of unbranched alkanes of at least 4 members (excludes halogenated alkanes) is 19. The first-order valence-corrected chi connectivity index (χ1v) is 32.2. The van der Waals surface area contributed by atoms with Crippen LogP contribution < -0.4 is 5.32 Å². The van der Waals surface area contributed by atoms with Gasteiger partial charge in [-0.15, -0.1) is 0 Å². The number of nitrogens with one attached hydrogen (secondary N) is 1. The van der Waals surface area contributed by atoms with E-state index in [4.69, 9.17) is 9.47 Å². The van der Waals surface area contributed by atoms with Gasteiger partial charge in [-0.1, -0.05) is 268 Å². The summed E-state index contributed by atoms with van der Waals surface area (Å²) >= 11 is 0. The Labute approximate surface area is 495 Å². The van der Waals surface area contributed by atoms with Crippen LogP contribution in [0.3, 0.4) is 0 Å². The molecule has 6 N–H and O–H groups in total. The number of amides is 1. The van der Waals surface area contributed by atoms with E-state index in [1.54, 1.807) is 6.08 Å². The first-order chi connectivity index (χ1) is 39.8. The van der Waals surface area contributed by atoms with Crippen molar-refractivity contribution in [3.05, 3.63) is 158 Å². The van der Waals surface area contributed by atoms with E-state index >= 15 is 0 Å². The van der Waals surface area contributed by atoms with Gasteiger partial charge in [0.1, 0.15) is 24.4 Å². The zero-order valence-electron chi connectivity index (χ0n) is 51.0. The number of aliphatic hydroxyl groups is 5. The highest BCUT2D eigenvalue weighted by atomic mass is 16.7. The van der Waals surface area contributed by atoms with E-state index in [1.807, 2.05) is 6.08 Å². The molecule has 458 valence electrons. The second-order valence-electron chi connectivity index (χ2n) is 21.5. The van der Waals surface area contributed by atoms with Crippen LogP contribution in [-0.4, -0.2) is 87.5 Å². The van der Waals surface area contributed by atoms with Gasteiger partial charge >= 0.3 is 0 Å². The number of hydrogen-bond acceptors (Lipinski definition) is 8. The van der Waals surface area contributed by atoms with Crippen molar-refractivity contribution < 1.29 is 39.8 Å². The molecular formula is C72H117NO8. The number of carbonyl (C=O) groups is 1. The number of carbonyl (C=O) groups excluding carboxylic acids is 1. The van der Waals surface area contributed by atoms with Gasteiger partial charge in [0.25, 0.3) is 0 Å². The summed E-state index contributed by atoms with van der Waals surface area (Å²) in [6, 6.07) is -0.845. The molecule has 9 nitrogen and oxygen atoms in total. The van der Waals surface area contributed by atoms with E-state index in [2.05, 4.69) is 165 Å². The molecule has 1 heterocycles. The Morgan fingerprint density at radius 3 is 1.19 bits per heavy atom. The third kappa shape index (κ3) is 47.9. The third-order valence-electron chi connectivity index (χ3n) is 14.1. The van der Waals surface area contributed by atoms with Crippen LogP contribution in [0.2, 0.25) is 0 Å². The largest absolute Gasteiger partial charge is 0.394 e. The molecule has 0 aromatic carbocycles. The van der Waals surface area contributed by atoms with Crippen LogP contribution in [0.4, 0.5) is 0 Å². The van der Waals surface area contributed by atoms with Crippen molar-refractivity contribution in [2.24, 2.45) is 0 Å². The Bertz CT molecular complexity index is 1830. The van der Waals surface area contributed by atoms with Gasteiger partial charge in [-0.05, 0) is 116 Å². The highest BCUT2D eigenvalue weighted by Crippen LogP contribution is 2.23. The monoisotopic (exact) mass is 1120 g/mol. The van der Waals surface area contributed by atoms with Crippen LogP contribution in [0, 0.1) is 0 Å². The van der Waals surface area contributed by atoms with Crippen LogP contribution >= 0.6 is 0 Å². The summed E-state index contributed by atoms with van der Waals surface area (Å²) in [6.45, 7) is 3.63. The Kier molecular flexibility index (Phi) is 54.5. The molecule has 0 aromatic rings. The predicted molar refractivity (Wildman–Crippen MR) is 345 cm³/mol. The van der Waals surface area contributed by atoms with E-state index in [1.165, 1.54) is 83.5 Å². The van der Waals surface area contributed by atoms with Gasteiger partial charge in [0.15, 0.2) is 6.29 Å². The van der Waals surface area contributed by atoms with Crippen LogP contribution in [0.25, 0.3) is 0 Å². The summed E-state index contributed by atoms with van der Waals surface area (Å²) < 4.78 is 11.3. The van der Waals surface area contributed by atoms with Gasteiger partial charge in [0, 0.05) is 6.42 Å². The molecule has 0 spiro atoms. The van der Waals surface area contributed by atoms with Gasteiger partial charge in [-0.25, -0.2) is 0 Å². The Morgan fingerprint density at radius 1 is 0.432 bits per heavy atom. The Morgan fingerprint density at radius 2 is 0.778 bits per heavy atom. The average molecular weight is 1120 g/mol. The molecule has 0 radical (unpaired) electrons. The molecule has 1 amide bonds. The number of aliphatic hydroxyl groups excluding tert-OH is 5. The van der Waals surface area contributed by atoms with E-state index in [9.17, 15) is 30.3 Å². The van der Waals surface area contributed by atoms with Crippen LogP contribution in [0.15, 0.2) is 158 Å². The summed E-state index contributed by atoms with van der Waals surface area (Å²) in [5.74, 6) is -0.211. The molecule has 1 saturated heterocycles. The number of rotatable bonds is 53. The van der Waals surface area contributed by atoms with E-state index in [0.29, 0.717) is 6.42 Å². The van der Waals surface area contributed by atoms with Gasteiger partial charge in [-0.2, -0.15) is 0 Å². The predicted octanol–water partition coefficient (Wildman–Crippen LogP) is 17.2. The Balaban J connectivity index is 2.22. The van der Waals surface area contributed by atoms with E-state index < -0.39 is 49.5 Å². The van der Waals surface area contributed by atoms with Crippen LogP contribution in [0.1, 0.15) is 232 Å². The van der Waals surface area contributed by atoms with Gasteiger partial charge in [0.2, 0.25) is 5.91 Å². The molecule has 7 unspecified atom stereocenters. The topological polar surface area (TPSA) is 149 Å². The lowest BCUT2D eigenvalue weighted by Crippen LogP contribution is -2.60. The Hall–Kier alpha value is -4.19. The van der Waals surface area contributed by atoms with Crippen molar-refractivity contribution >= 4 is 5.91 Å². The summed E-state index contributed by atoms with van der Waals surface area (Å²) in [5, 5.41) is 54.6. The summed E-state index contributed by atoms with van der Waals surface area (Å²) in [4.78, 5) is 13.1. The first-order valence-electron chi connectivity index (χ1n) is 32.2. The van der Waals surface area contributed by atoms with Crippen molar-refractivity contribution in [2.45, 2.75) is 275 Å². The molecule has 9 heteroatoms. The molecule has 7 atom stereocenters. The fraction of sp³-hybridized carbons (Fsp3) is 0.625. The van der Waals surface area contributed by atoms with Crippen molar-refractivity contribution in [1.29, 1.82) is 0 Å². The van der Waals surface area contributed by atoms with Crippen molar-refractivity contribution in [2.75, 3.05) is 13.2 Å². The summed E-state index contributed by atoms with van der Waals surface area (Å²) in [5.41, 5.74) is 0. The lowest BCUT2D eigenvalue weighted by Gasteiger charge is -2.40. The maximum absolute atomic E-state index is 13.1. The molecule has 1 rings (SSSR count). The average Bonchev–Trinajstić information content (AvgIpc) is 3.48. The molecule has 81 heavy (non-hydrogen) atoms. The highest BCUT2D eigenvalue weighted by molar-refractivity contribution is 5.76. The minimum absolute atomic E-state index is 0.211. The van der Waals surface area contributed by atoms with Crippen LogP contribution in [0.5, 0.6) is 0 Å². The summed E-state index contributed by atoms with van der Waals surface area (Å²) in [6.07, 6.45) is 86.0. The van der Waals surface area contributed by atoms with Gasteiger partial charge < -0.3 is 40.3 Å². The maximum atomic E-state index is 13.1. The second kappa shape index (κ2) is 59.0. The molecule has 1 aliphatic rings. The van der Waals surface area contributed by atoms with Crippen molar-refractivity contribution in [3.63, 3.8) is 0 Å². The molecule has 0 aromatic heterocycles. The zero-order valence-corrected chi connectivity index (χ0v) is 51.0. The first kappa shape index (κ1) is 74.8. The van der Waals surface area contributed by atoms with Gasteiger partial charge in [0.05, 0.1) is 25.4 Å². The lowest BCUT2D eigenvalue weighted by molar-refractivity contribution is -0.302. The van der Waals surface area contributed by atoms with Crippen LogP contribution in [-0.2, 0) is 14.3 Å². The standard InChI is InChI=1S/C72H117NO8/c1-3-5-7-9-11-13-15-17-19-21-23-24-25-26-27-28-29-30-31-32-33-34-35-36-37-38-39-40-41-42-44-46-48-50-52-54-56-58-60-62-68(76)73-65(64-80-72-71(79)70(78)69(77)67(63-74)81-72)66(75)61-59-57-55-53-51-49-47-45-43-22-20-18-16-14-12-10-8-6-4-2/h5,7,11,13,17,19,23-24,26-27,29-30,32-33,35-36,38-39,41-42,46,48,51,53,59,61,65-67,69-72,74-75,77-79H,3-4,6,8-10,12,14-16,18,20-22,25,28,31,34,37,40,43-45,47,49-50,52,54-58,60,62-64H2,1-2H3,(H,73,76)/b7-5-,13-11-,19-17-,24-23-,27-26-,30-29-,33-32-,36-35-,39-38-,42-41-,48-46-,53-51+,61-59+. The summed E-state index contributed by atoms with van der Waals surface area (Å²) in [7, 11) is 0. The molecule has 0 saturated carbocycles. The molecule has 1 aliphatic heterocycles. The molecule has 0 aliphatic carbocycles. The lowest BCUT2D eigenvalue weighted by atomic mass is 9.99. The molecule has 1 fully saturated rings. The van der Waals surface area contributed by atoms with Crippen molar-refractivity contribution in [1.82, 2.24) is 5.32 Å². The fourth-order valence-electron chi connectivity index (χ4n) is 9.06. The molecular weight excluding hydrogens is 1010 g/mol. The number of allylic oxidation sites excluding steroid dienone is 25. The molecule has 0 bridgehead atoms. The maximum Gasteiger partial charge on any atom is 0.220 e. The van der Waals surface area contributed by atoms with Crippen molar-refractivity contribution in [3.8, 4) is 0 Å². The zero-order chi connectivity index (χ0) is 58.6. The smallest absolute Gasteiger partial charge is 0.220 e. The minimum atomic E-state index is -1.59. The number of ether oxygens (including phenoxy) is 2. The van der Waals surface area contributed by atoms with E-state index in [0.717, 1.165) is 128 Å².